The van der Waals surface area contributed by atoms with E-state index in [0.717, 1.165) is 5.69 Å². The molecule has 1 aromatic rings. The van der Waals surface area contributed by atoms with Crippen LogP contribution in [0.4, 0.5) is 18.9 Å². The van der Waals surface area contributed by atoms with Crippen LogP contribution in [0.2, 0.25) is 0 Å². The number of alkyl halides is 3. The van der Waals surface area contributed by atoms with Gasteiger partial charge in [-0.1, -0.05) is 0 Å². The van der Waals surface area contributed by atoms with Crippen molar-refractivity contribution in [3.63, 3.8) is 0 Å². The maximum atomic E-state index is 12.6. The van der Waals surface area contributed by atoms with Crippen LogP contribution in [0.15, 0.2) is 18.2 Å². The van der Waals surface area contributed by atoms with Gasteiger partial charge in [0.1, 0.15) is 0 Å². The summed E-state index contributed by atoms with van der Waals surface area (Å²) in [6.07, 6.45) is -4.57. The Kier molecular flexibility index (Phi) is 5.05. The molecule has 1 fully saturated rings. The van der Waals surface area contributed by atoms with Gasteiger partial charge in [-0.3, -0.25) is 0 Å². The lowest BCUT2D eigenvalue weighted by Crippen LogP contribution is -2.48. The first-order chi connectivity index (χ1) is 10.3. The van der Waals surface area contributed by atoms with E-state index in [2.05, 4.69) is 0 Å². The van der Waals surface area contributed by atoms with Crippen molar-refractivity contribution in [2.75, 3.05) is 32.2 Å². The smallest absolute Gasteiger partial charge is 0.389 e. The molecule has 0 spiro atoms. The number of nitrogens with two attached hydrogens (primary N) is 1. The molecule has 2 rings (SSSR count). The third kappa shape index (κ3) is 4.19. The second kappa shape index (κ2) is 6.64. The number of rotatable bonds is 4. The Morgan fingerprint density at radius 1 is 1.18 bits per heavy atom. The minimum absolute atomic E-state index is 0.269. The molecule has 2 unspecified atom stereocenters. The highest BCUT2D eigenvalue weighted by atomic mass is 19.4. The number of benzene rings is 1. The van der Waals surface area contributed by atoms with E-state index in [-0.39, 0.29) is 6.04 Å². The van der Waals surface area contributed by atoms with Crippen LogP contribution in [0, 0.1) is 5.92 Å². The summed E-state index contributed by atoms with van der Waals surface area (Å²) in [7, 11) is 3.06. The van der Waals surface area contributed by atoms with E-state index >= 15 is 0 Å². The van der Waals surface area contributed by atoms with Crippen LogP contribution in [-0.2, 0) is 0 Å². The molecule has 7 heteroatoms. The van der Waals surface area contributed by atoms with Crippen molar-refractivity contribution >= 4 is 5.69 Å². The maximum absolute atomic E-state index is 12.6. The molecule has 124 valence electrons. The van der Waals surface area contributed by atoms with E-state index in [1.54, 1.807) is 12.1 Å². The van der Waals surface area contributed by atoms with Gasteiger partial charge in [-0.05, 0) is 24.5 Å². The van der Waals surface area contributed by atoms with Gasteiger partial charge in [0.15, 0.2) is 11.5 Å². The summed E-state index contributed by atoms with van der Waals surface area (Å²) in [5.41, 5.74) is 6.73. The predicted octanol–water partition coefficient (Wildman–Crippen LogP) is 2.81. The predicted molar refractivity (Wildman–Crippen MR) is 78.5 cm³/mol. The number of nitrogens with zero attached hydrogens (tertiary/aromatic N) is 1. The maximum Gasteiger partial charge on any atom is 0.389 e. The van der Waals surface area contributed by atoms with E-state index in [4.69, 9.17) is 15.2 Å². The number of halogens is 3. The highest BCUT2D eigenvalue weighted by Crippen LogP contribution is 2.35. The molecule has 0 aliphatic carbocycles. The molecule has 2 atom stereocenters. The molecule has 0 saturated carbocycles. The number of ether oxygens (including phenoxy) is 2. The summed E-state index contributed by atoms with van der Waals surface area (Å²) in [4.78, 5) is 1.88. The summed E-state index contributed by atoms with van der Waals surface area (Å²) < 4.78 is 48.3. The Balaban J connectivity index is 2.17. The van der Waals surface area contributed by atoms with Gasteiger partial charge in [-0.15, -0.1) is 0 Å². The molecular weight excluding hydrogens is 297 g/mol. The van der Waals surface area contributed by atoms with E-state index in [1.807, 2.05) is 11.0 Å². The Bertz CT molecular complexity index is 508. The third-order valence-corrected chi connectivity index (χ3v) is 3.82. The van der Waals surface area contributed by atoms with Crippen molar-refractivity contribution in [1.82, 2.24) is 0 Å². The molecule has 4 nitrogen and oxygen atoms in total. The zero-order valence-electron chi connectivity index (χ0n) is 12.7. The fraction of sp³-hybridized carbons (Fsp3) is 0.600. The largest absolute Gasteiger partial charge is 0.493 e. The molecule has 1 saturated heterocycles. The van der Waals surface area contributed by atoms with E-state index < -0.39 is 18.5 Å². The fourth-order valence-corrected chi connectivity index (χ4v) is 2.95. The zero-order chi connectivity index (χ0) is 16.3. The Hall–Kier alpha value is -1.63. The minimum Gasteiger partial charge on any atom is -0.493 e. The Morgan fingerprint density at radius 3 is 2.45 bits per heavy atom. The van der Waals surface area contributed by atoms with E-state index in [0.29, 0.717) is 31.0 Å². The highest BCUT2D eigenvalue weighted by Gasteiger charge is 2.36. The van der Waals surface area contributed by atoms with Crippen molar-refractivity contribution in [2.45, 2.75) is 25.1 Å². The van der Waals surface area contributed by atoms with Gasteiger partial charge in [0.05, 0.1) is 14.2 Å². The summed E-state index contributed by atoms with van der Waals surface area (Å²) in [6.45, 7) is 0.868. The molecule has 1 heterocycles. The van der Waals surface area contributed by atoms with E-state index in [1.165, 1.54) is 14.2 Å². The van der Waals surface area contributed by atoms with Gasteiger partial charge in [0.2, 0.25) is 0 Å². The first kappa shape index (κ1) is 16.7. The molecule has 0 bridgehead atoms. The van der Waals surface area contributed by atoms with Crippen LogP contribution >= 0.6 is 0 Å². The second-order valence-electron chi connectivity index (χ2n) is 5.63. The molecule has 0 aromatic heterocycles. The van der Waals surface area contributed by atoms with Crippen molar-refractivity contribution in [3.8, 4) is 11.5 Å². The van der Waals surface area contributed by atoms with Gasteiger partial charge in [-0.2, -0.15) is 13.2 Å². The minimum atomic E-state index is -4.16. The van der Waals surface area contributed by atoms with Gasteiger partial charge in [0, 0.05) is 37.3 Å². The van der Waals surface area contributed by atoms with Gasteiger partial charge in [-0.25, -0.2) is 0 Å². The van der Waals surface area contributed by atoms with Gasteiger partial charge >= 0.3 is 6.18 Å². The number of methoxy groups -OCH3 is 2. The molecule has 1 aliphatic heterocycles. The van der Waals surface area contributed by atoms with Crippen LogP contribution in [0.1, 0.15) is 12.8 Å². The lowest BCUT2D eigenvalue weighted by Gasteiger charge is -2.38. The monoisotopic (exact) mass is 318 g/mol. The van der Waals surface area contributed by atoms with Crippen LogP contribution in [0.5, 0.6) is 11.5 Å². The highest BCUT2D eigenvalue weighted by molar-refractivity contribution is 5.56. The van der Waals surface area contributed by atoms with Crippen LogP contribution < -0.4 is 20.1 Å². The topological polar surface area (TPSA) is 47.7 Å². The standard InChI is InChI=1S/C15H21F3N2O2/c1-21-13-4-3-12(6-14(13)22-2)20-8-10(5-11(19)9-20)7-15(16,17)18/h3-4,6,10-11H,5,7-9,19H2,1-2H3. The Labute approximate surface area is 128 Å². The van der Waals surface area contributed by atoms with E-state index in [9.17, 15) is 13.2 Å². The number of hydrogen-bond donors (Lipinski definition) is 1. The SMILES string of the molecule is COc1ccc(N2CC(N)CC(CC(F)(F)F)C2)cc1OC. The number of anilines is 1. The molecule has 1 aromatic carbocycles. The Morgan fingerprint density at radius 2 is 1.86 bits per heavy atom. The van der Waals surface area contributed by atoms with Crippen molar-refractivity contribution in [2.24, 2.45) is 11.7 Å². The average Bonchev–Trinajstić information content (AvgIpc) is 2.44. The van der Waals surface area contributed by atoms with Crippen molar-refractivity contribution < 1.29 is 22.6 Å². The molecule has 22 heavy (non-hydrogen) atoms. The van der Waals surface area contributed by atoms with Crippen molar-refractivity contribution in [3.05, 3.63) is 18.2 Å². The zero-order valence-corrected chi connectivity index (χ0v) is 12.7. The summed E-state index contributed by atoms with van der Waals surface area (Å²) in [5, 5.41) is 0. The summed E-state index contributed by atoms with van der Waals surface area (Å²) in [6, 6.07) is 5.05. The van der Waals surface area contributed by atoms with Crippen LogP contribution in [0.25, 0.3) is 0 Å². The first-order valence-corrected chi connectivity index (χ1v) is 7.11. The quantitative estimate of drug-likeness (QED) is 0.927. The molecule has 0 amide bonds. The molecule has 1 aliphatic rings. The normalized spacial score (nSPS) is 22.5. The lowest BCUT2D eigenvalue weighted by atomic mass is 9.91. The second-order valence-corrected chi connectivity index (χ2v) is 5.63. The van der Waals surface area contributed by atoms with Crippen molar-refractivity contribution in [1.29, 1.82) is 0 Å². The average molecular weight is 318 g/mol. The van der Waals surface area contributed by atoms with Crippen LogP contribution in [0.3, 0.4) is 0 Å². The summed E-state index contributed by atoms with van der Waals surface area (Å²) in [5.74, 6) is 0.641. The molecular formula is C15H21F3N2O2. The van der Waals surface area contributed by atoms with Gasteiger partial charge < -0.3 is 20.1 Å². The molecule has 0 radical (unpaired) electrons. The number of piperidine rings is 1. The summed E-state index contributed by atoms with van der Waals surface area (Å²) >= 11 is 0. The lowest BCUT2D eigenvalue weighted by molar-refractivity contribution is -0.145. The fourth-order valence-electron chi connectivity index (χ4n) is 2.95. The third-order valence-electron chi connectivity index (χ3n) is 3.82. The van der Waals surface area contributed by atoms with Gasteiger partial charge in [0.25, 0.3) is 0 Å². The first-order valence-electron chi connectivity index (χ1n) is 7.11. The number of hydrogen-bond acceptors (Lipinski definition) is 4. The van der Waals surface area contributed by atoms with Crippen LogP contribution in [-0.4, -0.2) is 39.5 Å². The molecule has 2 N–H and O–H groups in total.